The Hall–Kier alpha value is -1.67. The minimum atomic E-state index is -0.0174. The quantitative estimate of drug-likeness (QED) is 0.795. The summed E-state index contributed by atoms with van der Waals surface area (Å²) in [6.45, 7) is 0.931. The van der Waals surface area contributed by atoms with E-state index in [1.165, 1.54) is 16.3 Å². The molecule has 0 saturated carbocycles. The third-order valence-corrected chi connectivity index (χ3v) is 3.62. The molecule has 1 heterocycles. The van der Waals surface area contributed by atoms with E-state index in [0.717, 1.165) is 19.3 Å². The lowest BCUT2D eigenvalue weighted by atomic mass is 9.91. The van der Waals surface area contributed by atoms with Crippen molar-refractivity contribution in [1.82, 2.24) is 5.32 Å². The van der Waals surface area contributed by atoms with Crippen LogP contribution in [-0.4, -0.2) is 18.9 Å². The van der Waals surface area contributed by atoms with Gasteiger partial charge in [0.1, 0.15) is 6.29 Å². The predicted octanol–water partition coefficient (Wildman–Crippen LogP) is 2.48. The summed E-state index contributed by atoms with van der Waals surface area (Å²) in [6, 6.07) is 14.8. The van der Waals surface area contributed by atoms with Gasteiger partial charge in [-0.15, -0.1) is 0 Å². The smallest absolute Gasteiger partial charge is 0.137 e. The van der Waals surface area contributed by atoms with Crippen LogP contribution in [-0.2, 0) is 4.79 Å². The van der Waals surface area contributed by atoms with E-state index in [9.17, 15) is 4.79 Å². The molecule has 1 saturated heterocycles. The summed E-state index contributed by atoms with van der Waals surface area (Å²) in [4.78, 5) is 11.0. The highest BCUT2D eigenvalue weighted by molar-refractivity contribution is 5.83. The molecule has 2 aromatic rings. The molecule has 1 aliphatic heterocycles. The van der Waals surface area contributed by atoms with E-state index in [-0.39, 0.29) is 6.04 Å². The largest absolute Gasteiger partial charge is 0.307 e. The van der Waals surface area contributed by atoms with E-state index in [1.54, 1.807) is 0 Å². The molecule has 0 amide bonds. The Balaban J connectivity index is 2.02. The van der Waals surface area contributed by atoms with Gasteiger partial charge in [0.2, 0.25) is 0 Å². The van der Waals surface area contributed by atoms with Crippen molar-refractivity contribution >= 4 is 17.1 Å². The van der Waals surface area contributed by atoms with Crippen molar-refractivity contribution in [3.63, 3.8) is 0 Å². The van der Waals surface area contributed by atoms with Gasteiger partial charge < -0.3 is 10.1 Å². The third-order valence-electron chi connectivity index (χ3n) is 3.62. The molecular weight excluding hydrogens is 210 g/mol. The molecule has 2 heteroatoms. The molecule has 2 aromatic carbocycles. The molecule has 0 radical (unpaired) electrons. The van der Waals surface area contributed by atoms with E-state index in [1.807, 2.05) is 6.07 Å². The van der Waals surface area contributed by atoms with E-state index >= 15 is 0 Å². The molecule has 1 fully saturated rings. The van der Waals surface area contributed by atoms with Gasteiger partial charge in [0.05, 0.1) is 6.04 Å². The van der Waals surface area contributed by atoms with Crippen LogP contribution in [0.15, 0.2) is 42.5 Å². The number of carbonyl (C=O) groups excluding carboxylic acids is 1. The highest BCUT2D eigenvalue weighted by atomic mass is 16.1. The summed E-state index contributed by atoms with van der Waals surface area (Å²) in [5.74, 6) is 0.331. The number of hydrogen-bond donors (Lipinski definition) is 1. The van der Waals surface area contributed by atoms with Gasteiger partial charge in [0.15, 0.2) is 0 Å². The molecule has 1 aliphatic rings. The maximum Gasteiger partial charge on any atom is 0.137 e. The number of benzene rings is 2. The first-order chi connectivity index (χ1) is 8.38. The van der Waals surface area contributed by atoms with Crippen LogP contribution in [0.4, 0.5) is 0 Å². The standard InChI is InChI=1S/C15H15NO/c17-10-15-14(7-8-16-15)13-6-5-11-3-1-2-4-12(11)9-13/h1-6,9-10,14-16H,7-8H2/t14-,15-/m1/s1. The van der Waals surface area contributed by atoms with Crippen molar-refractivity contribution in [2.24, 2.45) is 0 Å². The van der Waals surface area contributed by atoms with Crippen LogP contribution in [0.25, 0.3) is 10.8 Å². The van der Waals surface area contributed by atoms with Gasteiger partial charge in [0, 0.05) is 5.92 Å². The maximum atomic E-state index is 11.0. The van der Waals surface area contributed by atoms with E-state index < -0.39 is 0 Å². The zero-order valence-corrected chi connectivity index (χ0v) is 9.60. The summed E-state index contributed by atoms with van der Waals surface area (Å²) < 4.78 is 0. The molecule has 0 aliphatic carbocycles. The monoisotopic (exact) mass is 225 g/mol. The predicted molar refractivity (Wildman–Crippen MR) is 69.2 cm³/mol. The van der Waals surface area contributed by atoms with Crippen molar-refractivity contribution < 1.29 is 4.79 Å². The van der Waals surface area contributed by atoms with Crippen molar-refractivity contribution in [1.29, 1.82) is 0 Å². The molecule has 2 nitrogen and oxygen atoms in total. The molecule has 0 bridgehead atoms. The molecule has 0 unspecified atom stereocenters. The first kappa shape index (κ1) is 10.5. The number of fused-ring (bicyclic) bond motifs is 1. The van der Waals surface area contributed by atoms with Crippen LogP contribution in [0.3, 0.4) is 0 Å². The first-order valence-corrected chi connectivity index (χ1v) is 6.06. The summed E-state index contributed by atoms with van der Waals surface area (Å²) in [6.07, 6.45) is 2.08. The number of rotatable bonds is 2. The zero-order chi connectivity index (χ0) is 11.7. The Morgan fingerprint density at radius 2 is 1.94 bits per heavy atom. The number of carbonyl (C=O) groups is 1. The van der Waals surface area contributed by atoms with Gasteiger partial charge in [-0.05, 0) is 29.3 Å². The third kappa shape index (κ3) is 1.85. The highest BCUT2D eigenvalue weighted by Crippen LogP contribution is 2.29. The van der Waals surface area contributed by atoms with Crippen molar-refractivity contribution in [3.8, 4) is 0 Å². The topological polar surface area (TPSA) is 29.1 Å². The van der Waals surface area contributed by atoms with Gasteiger partial charge in [-0.25, -0.2) is 0 Å². The fourth-order valence-corrected chi connectivity index (χ4v) is 2.68. The Kier molecular flexibility index (Phi) is 2.65. The summed E-state index contributed by atoms with van der Waals surface area (Å²) in [5.41, 5.74) is 1.27. The van der Waals surface area contributed by atoms with Crippen LogP contribution in [0.2, 0.25) is 0 Å². The van der Waals surface area contributed by atoms with Gasteiger partial charge in [-0.1, -0.05) is 42.5 Å². The number of nitrogens with one attached hydrogen (secondary N) is 1. The first-order valence-electron chi connectivity index (χ1n) is 6.06. The lowest BCUT2D eigenvalue weighted by molar-refractivity contribution is -0.109. The van der Waals surface area contributed by atoms with Crippen LogP contribution < -0.4 is 5.32 Å². The average molecular weight is 225 g/mol. The van der Waals surface area contributed by atoms with Crippen molar-refractivity contribution in [2.45, 2.75) is 18.4 Å². The summed E-state index contributed by atoms with van der Waals surface area (Å²) >= 11 is 0. The zero-order valence-electron chi connectivity index (χ0n) is 9.60. The summed E-state index contributed by atoms with van der Waals surface area (Å²) in [5, 5.41) is 5.74. The Morgan fingerprint density at radius 1 is 1.12 bits per heavy atom. The minimum absolute atomic E-state index is 0.0174. The average Bonchev–Trinajstić information content (AvgIpc) is 2.86. The Labute approximate surface area is 101 Å². The molecule has 86 valence electrons. The van der Waals surface area contributed by atoms with Gasteiger partial charge in [-0.2, -0.15) is 0 Å². The minimum Gasteiger partial charge on any atom is -0.307 e. The van der Waals surface area contributed by atoms with Gasteiger partial charge in [0.25, 0.3) is 0 Å². The van der Waals surface area contributed by atoms with Crippen LogP contribution in [0.1, 0.15) is 17.9 Å². The number of hydrogen-bond acceptors (Lipinski definition) is 2. The molecule has 0 aromatic heterocycles. The Bertz CT molecular complexity index is 549. The van der Waals surface area contributed by atoms with E-state index in [4.69, 9.17) is 0 Å². The molecule has 0 spiro atoms. The van der Waals surface area contributed by atoms with Crippen LogP contribution in [0, 0.1) is 0 Å². The molecule has 1 N–H and O–H groups in total. The van der Waals surface area contributed by atoms with Crippen molar-refractivity contribution in [2.75, 3.05) is 6.54 Å². The van der Waals surface area contributed by atoms with Crippen LogP contribution >= 0.6 is 0 Å². The SMILES string of the molecule is O=C[C@H]1NCC[C@@H]1c1ccc2ccccc2c1. The molecule has 2 atom stereocenters. The lowest BCUT2D eigenvalue weighted by Gasteiger charge is -2.15. The van der Waals surface area contributed by atoms with Crippen LogP contribution in [0.5, 0.6) is 0 Å². The molecular formula is C15H15NO. The second-order valence-electron chi connectivity index (χ2n) is 4.62. The second kappa shape index (κ2) is 4.30. The normalized spacial score (nSPS) is 24.0. The second-order valence-corrected chi connectivity index (χ2v) is 4.62. The van der Waals surface area contributed by atoms with Gasteiger partial charge in [-0.3, -0.25) is 0 Å². The highest BCUT2D eigenvalue weighted by Gasteiger charge is 2.27. The fourth-order valence-electron chi connectivity index (χ4n) is 2.68. The maximum absolute atomic E-state index is 11.0. The van der Waals surface area contributed by atoms with Gasteiger partial charge >= 0.3 is 0 Å². The lowest BCUT2D eigenvalue weighted by Crippen LogP contribution is -2.27. The molecule has 17 heavy (non-hydrogen) atoms. The Morgan fingerprint density at radius 3 is 2.76 bits per heavy atom. The van der Waals surface area contributed by atoms with E-state index in [2.05, 4.69) is 41.7 Å². The summed E-state index contributed by atoms with van der Waals surface area (Å²) in [7, 11) is 0. The number of aldehydes is 1. The van der Waals surface area contributed by atoms with Crippen molar-refractivity contribution in [3.05, 3.63) is 48.0 Å². The van der Waals surface area contributed by atoms with E-state index in [0.29, 0.717) is 5.92 Å². The molecule has 3 rings (SSSR count). The fraction of sp³-hybridized carbons (Fsp3) is 0.267.